The molecule has 1 heterocycles. The van der Waals surface area contributed by atoms with E-state index in [2.05, 4.69) is 12.2 Å². The highest BCUT2D eigenvalue weighted by Crippen LogP contribution is 2.48. The summed E-state index contributed by atoms with van der Waals surface area (Å²) in [6, 6.07) is 0. The van der Waals surface area contributed by atoms with Crippen LogP contribution in [0.4, 0.5) is 0 Å². The molecule has 0 aromatic carbocycles. The van der Waals surface area contributed by atoms with Crippen LogP contribution in [0.5, 0.6) is 0 Å². The van der Waals surface area contributed by atoms with Crippen LogP contribution in [0.2, 0.25) is 0 Å². The number of hydrogen-bond donors (Lipinski definition) is 0. The van der Waals surface area contributed by atoms with Gasteiger partial charge in [-0.15, -0.1) is 0 Å². The van der Waals surface area contributed by atoms with Gasteiger partial charge >= 0.3 is 5.97 Å². The summed E-state index contributed by atoms with van der Waals surface area (Å²) in [6.45, 7) is 2.04. The highest BCUT2D eigenvalue weighted by molar-refractivity contribution is 5.75. The van der Waals surface area contributed by atoms with Gasteiger partial charge in [-0.3, -0.25) is 4.79 Å². The van der Waals surface area contributed by atoms with Crippen LogP contribution in [0.15, 0.2) is 12.2 Å². The molecule has 0 aromatic heterocycles. The minimum Gasteiger partial charge on any atom is -0.462 e. The molecule has 0 spiro atoms. The molecule has 0 bridgehead atoms. The molecule has 4 unspecified atom stereocenters. The lowest BCUT2D eigenvalue weighted by molar-refractivity contribution is -0.150. The van der Waals surface area contributed by atoms with Crippen LogP contribution in [0, 0.1) is 23.7 Å². The third-order valence-corrected chi connectivity index (χ3v) is 5.23. The van der Waals surface area contributed by atoms with Crippen LogP contribution in [-0.2, 0) is 9.53 Å². The third-order valence-electron chi connectivity index (χ3n) is 5.23. The molecule has 5 atom stereocenters. The van der Waals surface area contributed by atoms with Crippen molar-refractivity contribution in [1.82, 2.24) is 0 Å². The first-order valence-corrected chi connectivity index (χ1v) is 8.11. The Morgan fingerprint density at radius 1 is 1.11 bits per heavy atom. The van der Waals surface area contributed by atoms with Crippen LogP contribution in [0.3, 0.4) is 0 Å². The average molecular weight is 262 g/mol. The van der Waals surface area contributed by atoms with Crippen molar-refractivity contribution >= 4 is 5.97 Å². The summed E-state index contributed by atoms with van der Waals surface area (Å²) in [5, 5.41) is 0. The molecule has 1 aliphatic heterocycles. The molecule has 3 aliphatic rings. The fraction of sp³-hybridized carbons (Fsp3) is 0.824. The molecule has 106 valence electrons. The average Bonchev–Trinajstić information content (AvgIpc) is 3.00. The highest BCUT2D eigenvalue weighted by atomic mass is 16.5. The predicted octanol–water partition coefficient (Wildman–Crippen LogP) is 4.10. The van der Waals surface area contributed by atoms with E-state index in [1.807, 2.05) is 6.92 Å². The van der Waals surface area contributed by atoms with Gasteiger partial charge in [-0.05, 0) is 69.6 Å². The Kier molecular flexibility index (Phi) is 3.95. The molecule has 3 rings (SSSR count). The molecule has 2 nitrogen and oxygen atoms in total. The fourth-order valence-electron chi connectivity index (χ4n) is 3.94. The second-order valence-corrected chi connectivity index (χ2v) is 6.80. The van der Waals surface area contributed by atoms with Crippen LogP contribution in [0.1, 0.15) is 58.3 Å². The zero-order valence-electron chi connectivity index (χ0n) is 12.0. The zero-order chi connectivity index (χ0) is 13.2. The van der Waals surface area contributed by atoms with E-state index in [0.717, 1.165) is 37.5 Å². The molecule has 2 aliphatic carbocycles. The first-order valence-electron chi connectivity index (χ1n) is 8.11. The van der Waals surface area contributed by atoms with E-state index in [1.165, 1.54) is 25.7 Å². The first kappa shape index (κ1) is 13.2. The summed E-state index contributed by atoms with van der Waals surface area (Å²) in [4.78, 5) is 12.0. The maximum absolute atomic E-state index is 12.0. The van der Waals surface area contributed by atoms with Gasteiger partial charge < -0.3 is 4.74 Å². The molecule has 0 aromatic rings. The molecule has 0 radical (unpaired) electrons. The lowest BCUT2D eigenvalue weighted by atomic mass is 9.90. The fourth-order valence-corrected chi connectivity index (χ4v) is 3.94. The molecule has 0 N–H and O–H groups in total. The Labute approximate surface area is 116 Å². The third kappa shape index (κ3) is 3.21. The van der Waals surface area contributed by atoms with E-state index in [4.69, 9.17) is 4.74 Å². The van der Waals surface area contributed by atoms with Gasteiger partial charge in [-0.1, -0.05) is 18.6 Å². The standard InChI is InChI=1S/C17H26O2/c1-12-6-3-2-4-7-13-8-5-9-14(13)10-15-11-16(15)17(18)19-12/h4,7,12-16H,2-3,5-6,8-11H2,1H3/b7-4+/t12?,13?,14-,15?,16?/m0/s1. The molecule has 2 saturated carbocycles. The molecule has 0 saturated heterocycles. The summed E-state index contributed by atoms with van der Waals surface area (Å²) in [5.74, 6) is 2.56. The minimum absolute atomic E-state index is 0.0826. The molecular formula is C17H26O2. The quantitative estimate of drug-likeness (QED) is 0.485. The highest BCUT2D eigenvalue weighted by Gasteiger charge is 2.46. The van der Waals surface area contributed by atoms with Gasteiger partial charge in [0.2, 0.25) is 0 Å². The van der Waals surface area contributed by atoms with Gasteiger partial charge in [-0.2, -0.15) is 0 Å². The second kappa shape index (κ2) is 5.68. The van der Waals surface area contributed by atoms with E-state index in [1.54, 1.807) is 0 Å². The molecule has 19 heavy (non-hydrogen) atoms. The molecule has 0 amide bonds. The van der Waals surface area contributed by atoms with E-state index < -0.39 is 0 Å². The monoisotopic (exact) mass is 262 g/mol. The number of ether oxygens (including phenoxy) is 1. The van der Waals surface area contributed by atoms with Gasteiger partial charge in [0.05, 0.1) is 12.0 Å². The number of allylic oxidation sites excluding steroid dienone is 2. The molecule has 2 heteroatoms. The van der Waals surface area contributed by atoms with Crippen LogP contribution < -0.4 is 0 Å². The predicted molar refractivity (Wildman–Crippen MR) is 75.6 cm³/mol. The Balaban J connectivity index is 1.66. The Morgan fingerprint density at radius 3 is 2.89 bits per heavy atom. The molecular weight excluding hydrogens is 236 g/mol. The Hall–Kier alpha value is -0.790. The lowest BCUT2D eigenvalue weighted by Crippen LogP contribution is -2.17. The Bertz CT molecular complexity index is 360. The zero-order valence-corrected chi connectivity index (χ0v) is 12.0. The topological polar surface area (TPSA) is 26.3 Å². The maximum Gasteiger partial charge on any atom is 0.309 e. The van der Waals surface area contributed by atoms with E-state index >= 15 is 0 Å². The SMILES string of the molecule is CC1CCC/C=C/C2CCC[C@H]2CC2CC2C(=O)O1. The minimum atomic E-state index is 0.0826. The number of hydrogen-bond acceptors (Lipinski definition) is 2. The van der Waals surface area contributed by atoms with Crippen molar-refractivity contribution in [3.63, 3.8) is 0 Å². The van der Waals surface area contributed by atoms with Crippen molar-refractivity contribution in [1.29, 1.82) is 0 Å². The van der Waals surface area contributed by atoms with E-state index in [-0.39, 0.29) is 18.0 Å². The van der Waals surface area contributed by atoms with Crippen molar-refractivity contribution < 1.29 is 9.53 Å². The summed E-state index contributed by atoms with van der Waals surface area (Å²) in [6.07, 6.45) is 14.7. The van der Waals surface area contributed by atoms with Crippen LogP contribution in [-0.4, -0.2) is 12.1 Å². The second-order valence-electron chi connectivity index (χ2n) is 6.80. The largest absolute Gasteiger partial charge is 0.462 e. The number of cyclic esters (lactones) is 1. The van der Waals surface area contributed by atoms with E-state index in [9.17, 15) is 4.79 Å². The number of carbonyl (C=O) groups is 1. The van der Waals surface area contributed by atoms with Crippen molar-refractivity contribution in [2.45, 2.75) is 64.4 Å². The van der Waals surface area contributed by atoms with Crippen LogP contribution in [0.25, 0.3) is 0 Å². The Morgan fingerprint density at radius 2 is 2.00 bits per heavy atom. The molecule has 2 fully saturated rings. The van der Waals surface area contributed by atoms with Gasteiger partial charge in [0.1, 0.15) is 0 Å². The van der Waals surface area contributed by atoms with E-state index in [0.29, 0.717) is 5.92 Å². The van der Waals surface area contributed by atoms with Crippen molar-refractivity contribution in [2.24, 2.45) is 23.7 Å². The van der Waals surface area contributed by atoms with Gasteiger partial charge in [-0.25, -0.2) is 0 Å². The number of carbonyl (C=O) groups excluding carboxylic acids is 1. The van der Waals surface area contributed by atoms with Crippen molar-refractivity contribution in [3.05, 3.63) is 12.2 Å². The normalized spacial score (nSPS) is 44.9. The summed E-state index contributed by atoms with van der Waals surface area (Å²) < 4.78 is 5.57. The first-order chi connectivity index (χ1) is 9.24. The van der Waals surface area contributed by atoms with Gasteiger partial charge in [0.25, 0.3) is 0 Å². The summed E-state index contributed by atoms with van der Waals surface area (Å²) in [7, 11) is 0. The van der Waals surface area contributed by atoms with Crippen LogP contribution >= 0.6 is 0 Å². The number of esters is 1. The van der Waals surface area contributed by atoms with Crippen molar-refractivity contribution in [3.8, 4) is 0 Å². The number of fused-ring (bicyclic) bond motifs is 2. The lowest BCUT2D eigenvalue weighted by Gasteiger charge is -2.16. The summed E-state index contributed by atoms with van der Waals surface area (Å²) >= 11 is 0. The smallest absolute Gasteiger partial charge is 0.309 e. The maximum atomic E-state index is 12.0. The number of rotatable bonds is 0. The summed E-state index contributed by atoms with van der Waals surface area (Å²) in [5.41, 5.74) is 0. The van der Waals surface area contributed by atoms with Crippen molar-refractivity contribution in [2.75, 3.05) is 0 Å². The van der Waals surface area contributed by atoms with Gasteiger partial charge in [0, 0.05) is 0 Å². The van der Waals surface area contributed by atoms with Gasteiger partial charge in [0.15, 0.2) is 0 Å².